The number of benzene rings is 1. The van der Waals surface area contributed by atoms with Crippen molar-refractivity contribution in [3.05, 3.63) is 47.3 Å². The number of carbonyl (C=O) groups excluding carboxylic acids is 1. The zero-order valence-corrected chi connectivity index (χ0v) is 15.1. The standard InChI is InChI=1S/C19H24N4O3/c1-13-10-16(18(24)20-12-15-7-5-9-26-15)23-19(22-13)21-11-14-6-3-4-8-17(14)25-2/h3-4,6,8,10,15H,5,7,9,11-12H2,1-2H3,(H,20,24)(H,21,22,23). The Hall–Kier alpha value is -2.67. The average Bonchev–Trinajstić information content (AvgIpc) is 3.18. The van der Waals surface area contributed by atoms with Gasteiger partial charge in [0.15, 0.2) is 0 Å². The maximum absolute atomic E-state index is 12.4. The lowest BCUT2D eigenvalue weighted by Gasteiger charge is -2.12. The van der Waals surface area contributed by atoms with Gasteiger partial charge in [-0.3, -0.25) is 4.79 Å². The molecule has 0 aliphatic carbocycles. The van der Waals surface area contributed by atoms with Gasteiger partial charge in [0.2, 0.25) is 5.95 Å². The first-order valence-corrected chi connectivity index (χ1v) is 8.77. The lowest BCUT2D eigenvalue weighted by Crippen LogP contribution is -2.32. The summed E-state index contributed by atoms with van der Waals surface area (Å²) in [5.74, 6) is 0.992. The van der Waals surface area contributed by atoms with Crippen LogP contribution in [0.25, 0.3) is 0 Å². The van der Waals surface area contributed by atoms with E-state index in [-0.39, 0.29) is 12.0 Å². The Morgan fingerprint density at radius 3 is 2.96 bits per heavy atom. The van der Waals surface area contributed by atoms with E-state index in [1.807, 2.05) is 31.2 Å². The van der Waals surface area contributed by atoms with Crippen LogP contribution in [0.4, 0.5) is 5.95 Å². The van der Waals surface area contributed by atoms with Crippen molar-refractivity contribution in [1.29, 1.82) is 0 Å². The minimum atomic E-state index is -0.216. The van der Waals surface area contributed by atoms with Crippen LogP contribution >= 0.6 is 0 Å². The number of amides is 1. The molecule has 7 nitrogen and oxygen atoms in total. The van der Waals surface area contributed by atoms with Crippen molar-refractivity contribution in [3.63, 3.8) is 0 Å². The first kappa shape index (κ1) is 18.1. The molecule has 1 aromatic heterocycles. The highest BCUT2D eigenvalue weighted by molar-refractivity contribution is 5.92. The van der Waals surface area contributed by atoms with E-state index in [1.165, 1.54) is 0 Å². The van der Waals surface area contributed by atoms with E-state index in [0.29, 0.717) is 24.7 Å². The van der Waals surface area contributed by atoms with Crippen LogP contribution in [-0.2, 0) is 11.3 Å². The summed E-state index contributed by atoms with van der Waals surface area (Å²) in [4.78, 5) is 21.1. The molecule has 2 N–H and O–H groups in total. The molecule has 1 fully saturated rings. The number of nitrogens with one attached hydrogen (secondary N) is 2. The predicted octanol–water partition coefficient (Wildman–Crippen LogP) is 2.31. The van der Waals surface area contributed by atoms with Gasteiger partial charge >= 0.3 is 0 Å². The molecular formula is C19H24N4O3. The third kappa shape index (κ3) is 4.70. The van der Waals surface area contributed by atoms with Gasteiger partial charge in [-0.15, -0.1) is 0 Å². The third-order valence-corrected chi connectivity index (χ3v) is 4.23. The van der Waals surface area contributed by atoms with Crippen molar-refractivity contribution >= 4 is 11.9 Å². The molecule has 1 atom stereocenters. The van der Waals surface area contributed by atoms with E-state index < -0.39 is 0 Å². The van der Waals surface area contributed by atoms with Gasteiger partial charge in [-0.1, -0.05) is 18.2 Å². The summed E-state index contributed by atoms with van der Waals surface area (Å²) in [6.07, 6.45) is 2.13. The van der Waals surface area contributed by atoms with Gasteiger partial charge in [-0.05, 0) is 31.9 Å². The Kier molecular flexibility index (Phi) is 6.01. The Bertz CT molecular complexity index is 760. The van der Waals surface area contributed by atoms with Gasteiger partial charge in [0, 0.05) is 31.0 Å². The Labute approximate surface area is 153 Å². The second kappa shape index (κ2) is 8.62. The number of para-hydroxylation sites is 1. The topological polar surface area (TPSA) is 85.4 Å². The van der Waals surface area contributed by atoms with Crippen LogP contribution < -0.4 is 15.4 Å². The van der Waals surface area contributed by atoms with Crippen LogP contribution in [-0.4, -0.2) is 42.2 Å². The van der Waals surface area contributed by atoms with E-state index in [0.717, 1.165) is 36.5 Å². The fraction of sp³-hybridized carbons (Fsp3) is 0.421. The summed E-state index contributed by atoms with van der Waals surface area (Å²) in [5, 5.41) is 6.05. The van der Waals surface area contributed by atoms with Crippen molar-refractivity contribution in [1.82, 2.24) is 15.3 Å². The molecule has 0 radical (unpaired) electrons. The number of nitrogens with zero attached hydrogens (tertiary/aromatic N) is 2. The van der Waals surface area contributed by atoms with Gasteiger partial charge in [0.05, 0.1) is 13.2 Å². The number of methoxy groups -OCH3 is 1. The normalized spacial score (nSPS) is 16.3. The lowest BCUT2D eigenvalue weighted by molar-refractivity contribution is 0.0853. The van der Waals surface area contributed by atoms with Crippen LogP contribution in [0.2, 0.25) is 0 Å². The minimum Gasteiger partial charge on any atom is -0.496 e. The predicted molar refractivity (Wildman–Crippen MR) is 98.4 cm³/mol. The van der Waals surface area contributed by atoms with Crippen molar-refractivity contribution in [2.45, 2.75) is 32.4 Å². The largest absolute Gasteiger partial charge is 0.496 e. The summed E-state index contributed by atoms with van der Waals surface area (Å²) in [6.45, 7) is 3.62. The highest BCUT2D eigenvalue weighted by Crippen LogP contribution is 2.18. The van der Waals surface area contributed by atoms with Gasteiger partial charge in [-0.25, -0.2) is 9.97 Å². The summed E-state index contributed by atoms with van der Waals surface area (Å²) in [6, 6.07) is 9.41. The molecule has 0 saturated carbocycles. The number of rotatable bonds is 7. The number of hydrogen-bond acceptors (Lipinski definition) is 6. The summed E-state index contributed by atoms with van der Waals surface area (Å²) >= 11 is 0. The van der Waals surface area contributed by atoms with Crippen LogP contribution in [0.5, 0.6) is 5.75 Å². The maximum Gasteiger partial charge on any atom is 0.270 e. The monoisotopic (exact) mass is 356 g/mol. The van der Waals surface area contributed by atoms with Crippen LogP contribution in [0.15, 0.2) is 30.3 Å². The summed E-state index contributed by atoms with van der Waals surface area (Å²) < 4.78 is 10.9. The van der Waals surface area contributed by atoms with Crippen molar-refractivity contribution in [3.8, 4) is 5.75 Å². The van der Waals surface area contributed by atoms with E-state index in [2.05, 4.69) is 20.6 Å². The first-order chi connectivity index (χ1) is 12.7. The second-order valence-electron chi connectivity index (χ2n) is 6.23. The second-order valence-corrected chi connectivity index (χ2v) is 6.23. The van der Waals surface area contributed by atoms with Crippen LogP contribution in [0, 0.1) is 6.92 Å². The van der Waals surface area contributed by atoms with Crippen LogP contribution in [0.3, 0.4) is 0 Å². The van der Waals surface area contributed by atoms with E-state index in [1.54, 1.807) is 13.2 Å². The molecule has 1 aliphatic rings. The SMILES string of the molecule is COc1ccccc1CNc1nc(C)cc(C(=O)NCC2CCCO2)n1. The number of carbonyl (C=O) groups is 1. The fourth-order valence-corrected chi connectivity index (χ4v) is 2.89. The Balaban J connectivity index is 1.64. The molecule has 0 spiro atoms. The van der Waals surface area contributed by atoms with Gasteiger partial charge in [0.1, 0.15) is 11.4 Å². The summed E-state index contributed by atoms with van der Waals surface area (Å²) in [5.41, 5.74) is 2.06. The number of anilines is 1. The molecule has 2 heterocycles. The van der Waals surface area contributed by atoms with Crippen LogP contribution in [0.1, 0.15) is 34.6 Å². The van der Waals surface area contributed by atoms with Gasteiger partial charge in [-0.2, -0.15) is 0 Å². The number of ether oxygens (including phenoxy) is 2. The lowest BCUT2D eigenvalue weighted by atomic mass is 10.2. The molecule has 138 valence electrons. The molecule has 2 aromatic rings. The molecule has 1 amide bonds. The van der Waals surface area contributed by atoms with Crippen molar-refractivity contribution < 1.29 is 14.3 Å². The molecular weight excluding hydrogens is 332 g/mol. The minimum absolute atomic E-state index is 0.102. The molecule has 1 saturated heterocycles. The third-order valence-electron chi connectivity index (χ3n) is 4.23. The van der Waals surface area contributed by atoms with Crippen molar-refractivity contribution in [2.75, 3.05) is 25.6 Å². The maximum atomic E-state index is 12.4. The quantitative estimate of drug-likeness (QED) is 0.792. The first-order valence-electron chi connectivity index (χ1n) is 8.77. The zero-order chi connectivity index (χ0) is 18.4. The highest BCUT2D eigenvalue weighted by atomic mass is 16.5. The molecule has 1 aliphatic heterocycles. The fourth-order valence-electron chi connectivity index (χ4n) is 2.89. The van der Waals surface area contributed by atoms with E-state index in [9.17, 15) is 4.79 Å². The smallest absolute Gasteiger partial charge is 0.270 e. The Morgan fingerprint density at radius 2 is 2.19 bits per heavy atom. The van der Waals surface area contributed by atoms with E-state index in [4.69, 9.17) is 9.47 Å². The molecule has 0 bridgehead atoms. The number of aryl methyl sites for hydroxylation is 1. The molecule has 26 heavy (non-hydrogen) atoms. The van der Waals surface area contributed by atoms with Crippen molar-refractivity contribution in [2.24, 2.45) is 0 Å². The highest BCUT2D eigenvalue weighted by Gasteiger charge is 2.17. The number of hydrogen-bond donors (Lipinski definition) is 2. The van der Waals surface area contributed by atoms with Gasteiger partial charge < -0.3 is 20.1 Å². The Morgan fingerprint density at radius 1 is 1.35 bits per heavy atom. The zero-order valence-electron chi connectivity index (χ0n) is 15.1. The molecule has 3 rings (SSSR count). The average molecular weight is 356 g/mol. The van der Waals surface area contributed by atoms with Gasteiger partial charge in [0.25, 0.3) is 5.91 Å². The number of aromatic nitrogens is 2. The summed E-state index contributed by atoms with van der Waals surface area (Å²) in [7, 11) is 1.64. The molecule has 7 heteroatoms. The molecule has 1 unspecified atom stereocenters. The van der Waals surface area contributed by atoms with E-state index >= 15 is 0 Å². The molecule has 1 aromatic carbocycles.